The third-order valence-electron chi connectivity index (χ3n) is 5.34. The zero-order chi connectivity index (χ0) is 18.4. The van der Waals surface area contributed by atoms with Crippen molar-refractivity contribution >= 4 is 0 Å². The summed E-state index contributed by atoms with van der Waals surface area (Å²) in [5, 5.41) is 0. The minimum Gasteiger partial charge on any atom is -0.224 e. The van der Waals surface area contributed by atoms with Crippen LogP contribution in [0.25, 0.3) is 0 Å². The summed E-state index contributed by atoms with van der Waals surface area (Å²) in [5.74, 6) is 5.33. The van der Waals surface area contributed by atoms with Gasteiger partial charge in [-0.25, -0.2) is 9.37 Å². The maximum absolute atomic E-state index is 13.2. The van der Waals surface area contributed by atoms with Crippen LogP contribution in [0.15, 0.2) is 36.5 Å². The standard InChI is InChI=1S/C23H25F2N/c1-2-3-4-17-7-11-20(12-8-17)21-13-9-18(10-14-21)5-6-19-15-22(24)23(25)26-16-19/h9-10,13-17,20H,2-4,7-8,11-12H2,1H3/t17-,20-. The monoisotopic (exact) mass is 353 g/mol. The fourth-order valence-electron chi connectivity index (χ4n) is 3.75. The Balaban J connectivity index is 1.59. The molecule has 1 nitrogen and oxygen atoms in total. The van der Waals surface area contributed by atoms with Crippen LogP contribution >= 0.6 is 0 Å². The molecular formula is C23H25F2N. The first-order valence-corrected chi connectivity index (χ1v) is 9.58. The highest BCUT2D eigenvalue weighted by atomic mass is 19.2. The first-order valence-electron chi connectivity index (χ1n) is 9.58. The Morgan fingerprint density at radius 2 is 1.69 bits per heavy atom. The van der Waals surface area contributed by atoms with Crippen LogP contribution in [0.3, 0.4) is 0 Å². The molecule has 1 aliphatic rings. The van der Waals surface area contributed by atoms with Gasteiger partial charge in [0.1, 0.15) is 0 Å². The van der Waals surface area contributed by atoms with Crippen molar-refractivity contribution < 1.29 is 8.78 Å². The van der Waals surface area contributed by atoms with E-state index in [1.165, 1.54) is 56.7 Å². The van der Waals surface area contributed by atoms with Crippen LogP contribution in [0.2, 0.25) is 0 Å². The Hall–Kier alpha value is -2.21. The normalized spacial score (nSPS) is 19.7. The highest BCUT2D eigenvalue weighted by Crippen LogP contribution is 2.37. The van der Waals surface area contributed by atoms with Crippen LogP contribution in [0.5, 0.6) is 0 Å². The lowest BCUT2D eigenvalue weighted by Crippen LogP contribution is -2.13. The second-order valence-electron chi connectivity index (χ2n) is 7.23. The van der Waals surface area contributed by atoms with Crippen LogP contribution in [-0.4, -0.2) is 4.98 Å². The first-order chi connectivity index (χ1) is 12.7. The van der Waals surface area contributed by atoms with Crippen LogP contribution in [-0.2, 0) is 0 Å². The molecule has 0 saturated heterocycles. The summed E-state index contributed by atoms with van der Waals surface area (Å²) in [6.07, 6.45) is 10.5. The molecule has 3 rings (SSSR count). The molecule has 1 saturated carbocycles. The summed E-state index contributed by atoms with van der Waals surface area (Å²) >= 11 is 0. The molecule has 1 aromatic carbocycles. The highest BCUT2D eigenvalue weighted by Gasteiger charge is 2.21. The van der Waals surface area contributed by atoms with Crippen molar-refractivity contribution in [1.82, 2.24) is 4.98 Å². The Bertz CT molecular complexity index is 778. The van der Waals surface area contributed by atoms with Gasteiger partial charge in [-0.1, -0.05) is 50.2 Å². The van der Waals surface area contributed by atoms with E-state index in [9.17, 15) is 8.78 Å². The molecule has 26 heavy (non-hydrogen) atoms. The molecule has 0 unspecified atom stereocenters. The number of rotatable bonds is 4. The predicted molar refractivity (Wildman–Crippen MR) is 101 cm³/mol. The molecule has 1 aromatic heterocycles. The SMILES string of the molecule is CCCC[C@H]1CC[C@H](c2ccc(C#Cc3cnc(F)c(F)c3)cc2)CC1. The lowest BCUT2D eigenvalue weighted by atomic mass is 9.77. The van der Waals surface area contributed by atoms with Gasteiger partial charge in [0.15, 0.2) is 5.82 Å². The molecule has 1 fully saturated rings. The average Bonchev–Trinajstić information content (AvgIpc) is 2.68. The van der Waals surface area contributed by atoms with Gasteiger partial charge in [-0.3, -0.25) is 0 Å². The number of unbranched alkanes of at least 4 members (excludes halogenated alkanes) is 1. The molecule has 0 amide bonds. The second-order valence-corrected chi connectivity index (χ2v) is 7.23. The zero-order valence-corrected chi connectivity index (χ0v) is 15.3. The molecule has 1 aliphatic carbocycles. The number of hydrogen-bond acceptors (Lipinski definition) is 1. The van der Waals surface area contributed by atoms with Gasteiger partial charge in [0.05, 0.1) is 0 Å². The molecule has 136 valence electrons. The van der Waals surface area contributed by atoms with Crippen molar-refractivity contribution in [3.05, 3.63) is 65.0 Å². The van der Waals surface area contributed by atoms with Gasteiger partial charge in [0.2, 0.25) is 5.95 Å². The number of pyridine rings is 1. The highest BCUT2D eigenvalue weighted by molar-refractivity contribution is 5.43. The van der Waals surface area contributed by atoms with E-state index in [0.717, 1.165) is 17.5 Å². The van der Waals surface area contributed by atoms with E-state index in [4.69, 9.17) is 0 Å². The summed E-state index contributed by atoms with van der Waals surface area (Å²) in [6.45, 7) is 2.26. The molecule has 0 N–H and O–H groups in total. The van der Waals surface area contributed by atoms with E-state index in [2.05, 4.69) is 35.9 Å². The molecule has 0 atom stereocenters. The number of aromatic nitrogens is 1. The quantitative estimate of drug-likeness (QED) is 0.469. The van der Waals surface area contributed by atoms with Gasteiger partial charge in [0.25, 0.3) is 0 Å². The number of halogens is 2. The van der Waals surface area contributed by atoms with Crippen LogP contribution in [0, 0.1) is 29.5 Å². The van der Waals surface area contributed by atoms with Gasteiger partial charge >= 0.3 is 0 Å². The Morgan fingerprint density at radius 3 is 2.35 bits per heavy atom. The topological polar surface area (TPSA) is 12.9 Å². The molecule has 0 aliphatic heterocycles. The number of nitrogens with zero attached hydrogens (tertiary/aromatic N) is 1. The van der Waals surface area contributed by atoms with Gasteiger partial charge in [-0.15, -0.1) is 0 Å². The third-order valence-corrected chi connectivity index (χ3v) is 5.34. The maximum atomic E-state index is 13.2. The van der Waals surface area contributed by atoms with Crippen LogP contribution < -0.4 is 0 Å². The van der Waals surface area contributed by atoms with Gasteiger partial charge < -0.3 is 0 Å². The van der Waals surface area contributed by atoms with E-state index in [1.807, 2.05) is 12.1 Å². The van der Waals surface area contributed by atoms with Crippen LogP contribution in [0.1, 0.15) is 74.5 Å². The fraction of sp³-hybridized carbons (Fsp3) is 0.435. The average molecular weight is 353 g/mol. The van der Waals surface area contributed by atoms with E-state index >= 15 is 0 Å². The third kappa shape index (κ3) is 4.91. The zero-order valence-electron chi connectivity index (χ0n) is 15.3. The fourth-order valence-corrected chi connectivity index (χ4v) is 3.75. The second kappa shape index (κ2) is 8.94. The number of benzene rings is 1. The minimum absolute atomic E-state index is 0.373. The van der Waals surface area contributed by atoms with Crippen molar-refractivity contribution in [3.63, 3.8) is 0 Å². The molecule has 0 radical (unpaired) electrons. The van der Waals surface area contributed by atoms with E-state index in [-0.39, 0.29) is 0 Å². The summed E-state index contributed by atoms with van der Waals surface area (Å²) in [6, 6.07) is 9.41. The molecule has 2 aromatic rings. The smallest absolute Gasteiger partial charge is 0.224 e. The van der Waals surface area contributed by atoms with Crippen LogP contribution in [0.4, 0.5) is 8.78 Å². The molecule has 3 heteroatoms. The van der Waals surface area contributed by atoms with E-state index in [1.54, 1.807) is 0 Å². The van der Waals surface area contributed by atoms with Crippen molar-refractivity contribution in [2.24, 2.45) is 5.92 Å². The summed E-state index contributed by atoms with van der Waals surface area (Å²) in [7, 11) is 0. The first kappa shape index (κ1) is 18.6. The van der Waals surface area contributed by atoms with E-state index in [0.29, 0.717) is 11.5 Å². The van der Waals surface area contributed by atoms with E-state index < -0.39 is 11.8 Å². The van der Waals surface area contributed by atoms with Crippen molar-refractivity contribution in [2.45, 2.75) is 57.8 Å². The van der Waals surface area contributed by atoms with Gasteiger partial charge in [0, 0.05) is 17.3 Å². The van der Waals surface area contributed by atoms with Crippen molar-refractivity contribution in [1.29, 1.82) is 0 Å². The largest absolute Gasteiger partial charge is 0.248 e. The molecule has 0 bridgehead atoms. The Labute approximate surface area is 154 Å². The molecule has 0 spiro atoms. The maximum Gasteiger partial charge on any atom is 0.248 e. The Morgan fingerprint density at radius 1 is 1.00 bits per heavy atom. The molecule has 1 heterocycles. The van der Waals surface area contributed by atoms with Crippen molar-refractivity contribution in [2.75, 3.05) is 0 Å². The lowest BCUT2D eigenvalue weighted by Gasteiger charge is -2.28. The summed E-state index contributed by atoms with van der Waals surface area (Å²) in [4.78, 5) is 3.35. The van der Waals surface area contributed by atoms with Gasteiger partial charge in [-0.2, -0.15) is 4.39 Å². The minimum atomic E-state index is -1.09. The summed E-state index contributed by atoms with van der Waals surface area (Å²) < 4.78 is 26.0. The van der Waals surface area contributed by atoms with Crippen molar-refractivity contribution in [3.8, 4) is 11.8 Å². The summed E-state index contributed by atoms with van der Waals surface area (Å²) in [5.41, 5.74) is 2.63. The lowest BCUT2D eigenvalue weighted by molar-refractivity contribution is 0.304. The predicted octanol–water partition coefficient (Wildman–Crippen LogP) is 6.22. The number of hydrogen-bond donors (Lipinski definition) is 0. The Kier molecular flexibility index (Phi) is 6.39. The van der Waals surface area contributed by atoms with Gasteiger partial charge in [-0.05, 0) is 61.3 Å². The molecular weight excluding hydrogens is 328 g/mol.